The molecule has 122 valence electrons. The number of nitrogens with zero attached hydrogens (tertiary/aromatic N) is 2. The van der Waals surface area contributed by atoms with Gasteiger partial charge in [0.05, 0.1) is 5.75 Å². The van der Waals surface area contributed by atoms with Crippen LogP contribution in [0, 0.1) is 5.82 Å². The predicted molar refractivity (Wildman–Crippen MR) is 86.7 cm³/mol. The van der Waals surface area contributed by atoms with Crippen LogP contribution in [0.3, 0.4) is 0 Å². The summed E-state index contributed by atoms with van der Waals surface area (Å²) in [6.45, 7) is 0.0282. The lowest BCUT2D eigenvalue weighted by molar-refractivity contribution is -0.141. The lowest BCUT2D eigenvalue weighted by Gasteiger charge is -2.02. The third-order valence-electron chi connectivity index (χ3n) is 3.08. The lowest BCUT2D eigenvalue weighted by Crippen LogP contribution is -2.07. The molecule has 0 aliphatic carbocycles. The van der Waals surface area contributed by atoms with Crippen molar-refractivity contribution in [3.05, 3.63) is 66.4 Å². The zero-order valence-corrected chi connectivity index (χ0v) is 13.3. The van der Waals surface area contributed by atoms with Gasteiger partial charge in [-0.2, -0.15) is 0 Å². The molecule has 3 aromatic rings. The molecule has 24 heavy (non-hydrogen) atoms. The van der Waals surface area contributed by atoms with E-state index in [0.29, 0.717) is 17.0 Å². The molecule has 0 amide bonds. The molecule has 0 aliphatic heterocycles. The highest BCUT2D eigenvalue weighted by Crippen LogP contribution is 2.21. The van der Waals surface area contributed by atoms with Crippen LogP contribution in [0.1, 0.15) is 5.69 Å². The molecule has 0 spiro atoms. The maximum atomic E-state index is 12.9. The summed E-state index contributed by atoms with van der Waals surface area (Å²) in [5, 5.41) is 3.84. The zero-order chi connectivity index (χ0) is 16.8. The first-order valence-corrected chi connectivity index (χ1v) is 8.09. The molecule has 2 aromatic heterocycles. The molecule has 3 rings (SSSR count). The van der Waals surface area contributed by atoms with E-state index in [-0.39, 0.29) is 24.1 Å². The number of hydrogen-bond donors (Lipinski definition) is 0. The molecule has 0 unspecified atom stereocenters. The highest BCUT2D eigenvalue weighted by molar-refractivity contribution is 8.00. The fourth-order valence-electron chi connectivity index (χ4n) is 1.90. The predicted octanol–water partition coefficient (Wildman–Crippen LogP) is 3.71. The quantitative estimate of drug-likeness (QED) is 0.502. The van der Waals surface area contributed by atoms with Crippen molar-refractivity contribution in [1.82, 2.24) is 10.1 Å². The summed E-state index contributed by atoms with van der Waals surface area (Å²) in [6.07, 6.45) is 3.33. The van der Waals surface area contributed by atoms with Gasteiger partial charge < -0.3 is 9.26 Å². The Morgan fingerprint density at radius 2 is 1.92 bits per heavy atom. The summed E-state index contributed by atoms with van der Waals surface area (Å²) in [5.41, 5.74) is 1.20. The summed E-state index contributed by atoms with van der Waals surface area (Å²) >= 11 is 1.37. The van der Waals surface area contributed by atoms with Crippen molar-refractivity contribution >= 4 is 17.7 Å². The summed E-state index contributed by atoms with van der Waals surface area (Å²) in [6, 6.07) is 11.2. The Hall–Kier alpha value is -2.67. The van der Waals surface area contributed by atoms with Gasteiger partial charge in [0.15, 0.2) is 5.76 Å². The average molecular weight is 344 g/mol. The largest absolute Gasteiger partial charge is 0.458 e. The molecule has 7 heteroatoms. The number of benzene rings is 1. The van der Waals surface area contributed by atoms with Gasteiger partial charge in [-0.3, -0.25) is 9.78 Å². The number of halogens is 1. The van der Waals surface area contributed by atoms with Crippen LogP contribution in [-0.2, 0) is 16.1 Å². The van der Waals surface area contributed by atoms with Gasteiger partial charge in [0.25, 0.3) is 0 Å². The smallest absolute Gasteiger partial charge is 0.316 e. The van der Waals surface area contributed by atoms with Gasteiger partial charge in [0.1, 0.15) is 18.1 Å². The van der Waals surface area contributed by atoms with E-state index < -0.39 is 0 Å². The molecule has 5 nitrogen and oxygen atoms in total. The van der Waals surface area contributed by atoms with Crippen LogP contribution in [0.2, 0.25) is 0 Å². The van der Waals surface area contributed by atoms with Crippen molar-refractivity contribution in [2.45, 2.75) is 11.5 Å². The lowest BCUT2D eigenvalue weighted by atomic mass is 10.1. The summed E-state index contributed by atoms with van der Waals surface area (Å²) in [4.78, 5) is 16.6. The van der Waals surface area contributed by atoms with E-state index in [0.717, 1.165) is 4.90 Å². The van der Waals surface area contributed by atoms with Gasteiger partial charge >= 0.3 is 5.97 Å². The Morgan fingerprint density at radius 1 is 1.17 bits per heavy atom. The van der Waals surface area contributed by atoms with E-state index in [2.05, 4.69) is 10.1 Å². The number of ether oxygens (including phenoxy) is 1. The van der Waals surface area contributed by atoms with Crippen LogP contribution in [0.25, 0.3) is 11.3 Å². The third-order valence-corrected chi connectivity index (χ3v) is 4.06. The molecule has 2 heterocycles. The molecule has 0 saturated carbocycles. The highest BCUT2D eigenvalue weighted by atomic mass is 32.2. The van der Waals surface area contributed by atoms with Gasteiger partial charge in [0.2, 0.25) is 0 Å². The van der Waals surface area contributed by atoms with Crippen molar-refractivity contribution in [3.8, 4) is 11.3 Å². The fraction of sp³-hybridized carbons (Fsp3) is 0.118. The molecule has 1 aromatic carbocycles. The first kappa shape index (κ1) is 16.2. The van der Waals surface area contributed by atoms with E-state index in [1.807, 2.05) is 12.1 Å². The standard InChI is InChI=1S/C17H13FN2O3S/c18-13-3-1-12(2-4-13)16-9-14(20-23-16)10-22-17(21)11-24-15-5-7-19-8-6-15/h1-9H,10-11H2. The van der Waals surface area contributed by atoms with E-state index in [9.17, 15) is 9.18 Å². The number of rotatable bonds is 6. The molecule has 0 N–H and O–H groups in total. The van der Waals surface area contributed by atoms with Crippen LogP contribution in [0.5, 0.6) is 0 Å². The normalized spacial score (nSPS) is 10.5. The first-order chi connectivity index (χ1) is 11.7. The molecule has 0 radical (unpaired) electrons. The Balaban J connectivity index is 1.50. The van der Waals surface area contributed by atoms with Crippen LogP contribution >= 0.6 is 11.8 Å². The van der Waals surface area contributed by atoms with E-state index >= 15 is 0 Å². The minimum Gasteiger partial charge on any atom is -0.458 e. The SMILES string of the molecule is O=C(CSc1ccncc1)OCc1cc(-c2ccc(F)cc2)on1. The molecule has 0 fully saturated rings. The fourth-order valence-corrected chi connectivity index (χ4v) is 2.58. The Labute approximate surface area is 141 Å². The zero-order valence-electron chi connectivity index (χ0n) is 12.5. The minimum atomic E-state index is -0.344. The van der Waals surface area contributed by atoms with Gasteiger partial charge in [-0.05, 0) is 36.4 Å². The Bertz CT molecular complexity index is 806. The van der Waals surface area contributed by atoms with Crippen LogP contribution in [-0.4, -0.2) is 21.9 Å². The van der Waals surface area contributed by atoms with Crippen molar-refractivity contribution < 1.29 is 18.4 Å². The molecule has 0 atom stereocenters. The second-order valence-electron chi connectivity index (χ2n) is 4.82. The maximum Gasteiger partial charge on any atom is 0.316 e. The number of carbonyl (C=O) groups excluding carboxylic acids is 1. The van der Waals surface area contributed by atoms with Crippen molar-refractivity contribution in [1.29, 1.82) is 0 Å². The van der Waals surface area contributed by atoms with Gasteiger partial charge in [-0.1, -0.05) is 5.16 Å². The Morgan fingerprint density at radius 3 is 2.67 bits per heavy atom. The van der Waals surface area contributed by atoms with Gasteiger partial charge in [-0.15, -0.1) is 11.8 Å². The third kappa shape index (κ3) is 4.42. The monoisotopic (exact) mass is 344 g/mol. The molecule has 0 bridgehead atoms. The van der Waals surface area contributed by atoms with Crippen LogP contribution in [0.4, 0.5) is 4.39 Å². The topological polar surface area (TPSA) is 65.2 Å². The summed E-state index contributed by atoms with van der Waals surface area (Å²) in [5.74, 6) is 0.0293. The number of hydrogen-bond acceptors (Lipinski definition) is 6. The molecule has 0 saturated heterocycles. The number of aromatic nitrogens is 2. The Kier molecular flexibility index (Phi) is 5.22. The average Bonchev–Trinajstić information content (AvgIpc) is 3.09. The molecular weight excluding hydrogens is 331 g/mol. The highest BCUT2D eigenvalue weighted by Gasteiger charge is 2.10. The minimum absolute atomic E-state index is 0.0282. The van der Waals surface area contributed by atoms with Crippen molar-refractivity contribution in [3.63, 3.8) is 0 Å². The van der Waals surface area contributed by atoms with Gasteiger partial charge in [-0.25, -0.2) is 4.39 Å². The number of thioether (sulfide) groups is 1. The van der Waals surface area contributed by atoms with Crippen molar-refractivity contribution in [2.75, 3.05) is 5.75 Å². The van der Waals surface area contributed by atoms with Gasteiger partial charge in [0, 0.05) is 28.9 Å². The van der Waals surface area contributed by atoms with Crippen molar-refractivity contribution in [2.24, 2.45) is 0 Å². The number of pyridine rings is 1. The molecular formula is C17H13FN2O3S. The van der Waals surface area contributed by atoms with Crippen LogP contribution < -0.4 is 0 Å². The summed E-state index contributed by atoms with van der Waals surface area (Å²) < 4.78 is 23.2. The molecule has 0 aliphatic rings. The number of carbonyl (C=O) groups is 1. The number of esters is 1. The van der Waals surface area contributed by atoms with E-state index in [1.165, 1.54) is 23.9 Å². The second-order valence-corrected chi connectivity index (χ2v) is 5.87. The summed E-state index contributed by atoms with van der Waals surface area (Å²) in [7, 11) is 0. The first-order valence-electron chi connectivity index (χ1n) is 7.11. The van der Waals surface area contributed by atoms with Crippen LogP contribution in [0.15, 0.2) is 64.3 Å². The van der Waals surface area contributed by atoms with E-state index in [4.69, 9.17) is 9.26 Å². The second kappa shape index (κ2) is 7.74. The van der Waals surface area contributed by atoms with E-state index in [1.54, 1.807) is 30.6 Å². The maximum absolute atomic E-state index is 12.9.